The number of piperidine rings is 1. The number of anilines is 1. The molecule has 0 aliphatic carbocycles. The van der Waals surface area contributed by atoms with Crippen LogP contribution in [0.3, 0.4) is 0 Å². The van der Waals surface area contributed by atoms with E-state index < -0.39 is 10.7 Å². The molecule has 0 saturated carbocycles. The van der Waals surface area contributed by atoms with Crippen LogP contribution in [0.1, 0.15) is 24.6 Å². The van der Waals surface area contributed by atoms with Crippen LogP contribution in [0.15, 0.2) is 42.5 Å². The van der Waals surface area contributed by atoms with E-state index in [2.05, 4.69) is 9.97 Å². The third kappa shape index (κ3) is 2.93. The molecular formula is C18H17FN4O2. The van der Waals surface area contributed by atoms with Crippen molar-refractivity contribution >= 4 is 22.4 Å². The summed E-state index contributed by atoms with van der Waals surface area (Å²) in [6.07, 6.45) is 1.89. The van der Waals surface area contributed by atoms with Crippen LogP contribution >= 0.6 is 0 Å². The van der Waals surface area contributed by atoms with Crippen molar-refractivity contribution in [1.29, 1.82) is 0 Å². The summed E-state index contributed by atoms with van der Waals surface area (Å²) in [7, 11) is 0. The van der Waals surface area contributed by atoms with E-state index in [1.165, 1.54) is 12.1 Å². The van der Waals surface area contributed by atoms with Crippen LogP contribution in [-0.4, -0.2) is 28.0 Å². The minimum Gasteiger partial charge on any atom is -0.368 e. The fourth-order valence-corrected chi connectivity index (χ4v) is 3.45. The predicted molar refractivity (Wildman–Crippen MR) is 93.3 cm³/mol. The van der Waals surface area contributed by atoms with Crippen molar-refractivity contribution < 1.29 is 9.31 Å². The van der Waals surface area contributed by atoms with Crippen LogP contribution in [0.5, 0.6) is 0 Å². The lowest BCUT2D eigenvalue weighted by atomic mass is 9.97. The number of halogens is 1. The molecule has 1 aromatic heterocycles. The van der Waals surface area contributed by atoms with Crippen molar-refractivity contribution in [1.82, 2.24) is 9.97 Å². The van der Waals surface area contributed by atoms with Crippen molar-refractivity contribution in [3.05, 3.63) is 64.2 Å². The van der Waals surface area contributed by atoms with Crippen molar-refractivity contribution in [3.63, 3.8) is 0 Å². The van der Waals surface area contributed by atoms with E-state index in [0.29, 0.717) is 12.2 Å². The Morgan fingerprint density at radius 3 is 2.88 bits per heavy atom. The quantitative estimate of drug-likeness (QED) is 0.578. The van der Waals surface area contributed by atoms with Gasteiger partial charge in [0.2, 0.25) is 0 Å². The number of para-hydroxylation sites is 2. The number of non-ortho nitro benzene ring substituents is 1. The Kier molecular flexibility index (Phi) is 3.83. The highest BCUT2D eigenvalue weighted by molar-refractivity contribution is 5.74. The maximum atomic E-state index is 14.3. The standard InChI is InChI=1S/C18H17FN4O2/c19-14-10-13(23(24)25)7-8-17(14)22-9-3-4-12(11-22)18-20-15-5-1-2-6-16(15)21-18/h1-2,5-8,10,12H,3-4,9,11H2,(H,20,21)/t12-/m0/s1. The van der Waals surface area contributed by atoms with Crippen molar-refractivity contribution in [2.45, 2.75) is 18.8 Å². The van der Waals surface area contributed by atoms with Gasteiger partial charge < -0.3 is 9.88 Å². The third-order valence-electron chi connectivity index (χ3n) is 4.70. The largest absolute Gasteiger partial charge is 0.368 e. The second kappa shape index (κ2) is 6.16. The zero-order valence-electron chi connectivity index (χ0n) is 13.5. The lowest BCUT2D eigenvalue weighted by Crippen LogP contribution is -2.35. The Labute approximate surface area is 143 Å². The lowest BCUT2D eigenvalue weighted by molar-refractivity contribution is -0.385. The van der Waals surface area contributed by atoms with Gasteiger partial charge in [-0.2, -0.15) is 0 Å². The van der Waals surface area contributed by atoms with Gasteiger partial charge in [-0.3, -0.25) is 10.1 Å². The maximum absolute atomic E-state index is 14.3. The number of hydrogen-bond acceptors (Lipinski definition) is 4. The van der Waals surface area contributed by atoms with Gasteiger partial charge in [-0.25, -0.2) is 9.37 Å². The first-order chi connectivity index (χ1) is 12.1. The fourth-order valence-electron chi connectivity index (χ4n) is 3.45. The topological polar surface area (TPSA) is 75.1 Å². The van der Waals surface area contributed by atoms with Gasteiger partial charge in [0.05, 0.1) is 27.7 Å². The molecule has 0 amide bonds. The first-order valence-corrected chi connectivity index (χ1v) is 8.25. The second-order valence-electron chi connectivity index (χ2n) is 6.32. The molecule has 25 heavy (non-hydrogen) atoms. The summed E-state index contributed by atoms with van der Waals surface area (Å²) >= 11 is 0. The number of rotatable bonds is 3. The number of aromatic amines is 1. The molecule has 1 N–H and O–H groups in total. The summed E-state index contributed by atoms with van der Waals surface area (Å²) < 4.78 is 14.3. The Morgan fingerprint density at radius 2 is 2.12 bits per heavy atom. The summed E-state index contributed by atoms with van der Waals surface area (Å²) in [5.41, 5.74) is 2.10. The molecule has 2 aromatic carbocycles. The van der Waals surface area contributed by atoms with Crippen LogP contribution in [0.25, 0.3) is 11.0 Å². The highest BCUT2D eigenvalue weighted by Crippen LogP contribution is 2.32. The molecular weight excluding hydrogens is 323 g/mol. The van der Waals surface area contributed by atoms with Crippen molar-refractivity contribution in [2.24, 2.45) is 0 Å². The van der Waals surface area contributed by atoms with Gasteiger partial charge in [0.1, 0.15) is 5.82 Å². The molecule has 2 heterocycles. The number of hydrogen-bond donors (Lipinski definition) is 1. The van der Waals surface area contributed by atoms with Gasteiger partial charge >= 0.3 is 0 Å². The number of H-pyrrole nitrogens is 1. The van der Waals surface area contributed by atoms with Gasteiger partial charge in [0.15, 0.2) is 5.82 Å². The average molecular weight is 340 g/mol. The van der Waals surface area contributed by atoms with Gasteiger partial charge in [0.25, 0.3) is 5.69 Å². The molecule has 0 spiro atoms. The lowest BCUT2D eigenvalue weighted by Gasteiger charge is -2.33. The molecule has 4 rings (SSSR count). The summed E-state index contributed by atoms with van der Waals surface area (Å²) in [6.45, 7) is 1.36. The fraction of sp³-hybridized carbons (Fsp3) is 0.278. The van der Waals surface area contributed by atoms with E-state index in [1.54, 1.807) is 0 Å². The normalized spacial score (nSPS) is 17.8. The number of nitrogens with one attached hydrogen (secondary N) is 1. The number of imidazole rings is 1. The molecule has 1 atom stereocenters. The van der Waals surface area contributed by atoms with Gasteiger partial charge in [-0.05, 0) is 31.0 Å². The third-order valence-corrected chi connectivity index (χ3v) is 4.70. The van der Waals surface area contributed by atoms with Crippen LogP contribution < -0.4 is 4.90 Å². The first-order valence-electron chi connectivity index (χ1n) is 8.25. The monoisotopic (exact) mass is 340 g/mol. The summed E-state index contributed by atoms with van der Waals surface area (Å²) in [5.74, 6) is 0.531. The molecule has 6 nitrogen and oxygen atoms in total. The van der Waals surface area contributed by atoms with E-state index >= 15 is 0 Å². The Morgan fingerprint density at radius 1 is 1.28 bits per heavy atom. The molecule has 1 saturated heterocycles. The van der Waals surface area contributed by atoms with E-state index in [9.17, 15) is 14.5 Å². The molecule has 0 bridgehead atoms. The van der Waals surface area contributed by atoms with Crippen LogP contribution in [0.2, 0.25) is 0 Å². The maximum Gasteiger partial charge on any atom is 0.272 e. The van der Waals surface area contributed by atoms with E-state index in [0.717, 1.165) is 42.3 Å². The minimum atomic E-state index is -0.583. The second-order valence-corrected chi connectivity index (χ2v) is 6.32. The number of fused-ring (bicyclic) bond motifs is 1. The highest BCUT2D eigenvalue weighted by Gasteiger charge is 2.26. The molecule has 3 aromatic rings. The number of aromatic nitrogens is 2. The highest BCUT2D eigenvalue weighted by atomic mass is 19.1. The van der Waals surface area contributed by atoms with Crippen molar-refractivity contribution in [2.75, 3.05) is 18.0 Å². The molecule has 7 heteroatoms. The first kappa shape index (κ1) is 15.6. The molecule has 1 fully saturated rings. The van der Waals surface area contributed by atoms with Crippen LogP contribution in [0, 0.1) is 15.9 Å². The van der Waals surface area contributed by atoms with E-state index in [4.69, 9.17) is 0 Å². The van der Waals surface area contributed by atoms with Gasteiger partial charge in [0, 0.05) is 25.1 Å². The molecule has 1 aliphatic heterocycles. The predicted octanol–water partition coefficient (Wildman–Crippen LogP) is 3.99. The van der Waals surface area contributed by atoms with Crippen molar-refractivity contribution in [3.8, 4) is 0 Å². The summed E-state index contributed by atoms with van der Waals surface area (Å²) in [5, 5.41) is 10.8. The van der Waals surface area contributed by atoms with E-state index in [1.807, 2.05) is 29.2 Å². The Hall–Kier alpha value is -2.96. The molecule has 128 valence electrons. The summed E-state index contributed by atoms with van der Waals surface area (Å²) in [6, 6.07) is 11.7. The SMILES string of the molecule is O=[N+]([O-])c1ccc(N2CCC[C@H](c3nc4ccccc4[nH]3)C2)c(F)c1. The van der Waals surface area contributed by atoms with Gasteiger partial charge in [-0.1, -0.05) is 12.1 Å². The molecule has 0 unspecified atom stereocenters. The zero-order valence-corrected chi connectivity index (χ0v) is 13.5. The zero-order chi connectivity index (χ0) is 17.4. The number of nitrogens with zero attached hydrogens (tertiary/aromatic N) is 3. The number of benzene rings is 2. The average Bonchev–Trinajstić information content (AvgIpc) is 3.06. The van der Waals surface area contributed by atoms with E-state index in [-0.39, 0.29) is 11.6 Å². The number of nitro benzene ring substituents is 1. The molecule has 0 radical (unpaired) electrons. The minimum absolute atomic E-state index is 0.177. The molecule has 1 aliphatic rings. The Bertz CT molecular complexity index is 907. The number of nitro groups is 1. The van der Waals surface area contributed by atoms with Crippen LogP contribution in [0.4, 0.5) is 15.8 Å². The Balaban J connectivity index is 1.59. The smallest absolute Gasteiger partial charge is 0.272 e. The van der Waals surface area contributed by atoms with Crippen LogP contribution in [-0.2, 0) is 0 Å². The summed E-state index contributed by atoms with van der Waals surface area (Å²) in [4.78, 5) is 20.2. The van der Waals surface area contributed by atoms with Gasteiger partial charge in [-0.15, -0.1) is 0 Å².